The molecular formula is C24H29N5O4. The number of nitrogens with zero attached hydrogens (tertiary/aromatic N) is 4. The van der Waals surface area contributed by atoms with Crippen LogP contribution in [0.25, 0.3) is 5.65 Å². The van der Waals surface area contributed by atoms with E-state index in [4.69, 9.17) is 4.74 Å². The molecule has 9 heteroatoms. The van der Waals surface area contributed by atoms with Crippen molar-refractivity contribution in [1.29, 1.82) is 0 Å². The zero-order valence-electron chi connectivity index (χ0n) is 18.9. The van der Waals surface area contributed by atoms with E-state index in [1.54, 1.807) is 23.0 Å². The molecule has 5 rings (SSSR count). The molecule has 2 aliphatic heterocycles. The van der Waals surface area contributed by atoms with Gasteiger partial charge in [-0.25, -0.2) is 9.50 Å². The Hall–Kier alpha value is -3.17. The van der Waals surface area contributed by atoms with Crippen LogP contribution in [0.15, 0.2) is 36.8 Å². The molecule has 4 heterocycles. The van der Waals surface area contributed by atoms with Crippen molar-refractivity contribution in [1.82, 2.24) is 14.6 Å². The number of aliphatic hydroxyl groups excluding tert-OH is 2. The van der Waals surface area contributed by atoms with Gasteiger partial charge in [0.25, 0.3) is 5.91 Å². The van der Waals surface area contributed by atoms with E-state index in [-0.39, 0.29) is 24.5 Å². The molecule has 0 spiro atoms. The monoisotopic (exact) mass is 451 g/mol. The number of amides is 1. The van der Waals surface area contributed by atoms with E-state index in [1.165, 1.54) is 6.20 Å². The van der Waals surface area contributed by atoms with Crippen LogP contribution in [0.3, 0.4) is 0 Å². The molecule has 33 heavy (non-hydrogen) atoms. The van der Waals surface area contributed by atoms with Crippen LogP contribution >= 0.6 is 0 Å². The highest BCUT2D eigenvalue weighted by Gasteiger charge is 2.36. The first-order valence-electron chi connectivity index (χ1n) is 11.4. The lowest BCUT2D eigenvalue weighted by molar-refractivity contribution is 0.0447. The molecule has 1 unspecified atom stereocenters. The maximum atomic E-state index is 13.2. The fraction of sp³-hybridized carbons (Fsp3) is 0.458. The maximum absolute atomic E-state index is 13.2. The lowest BCUT2D eigenvalue weighted by Crippen LogP contribution is -2.37. The van der Waals surface area contributed by atoms with Gasteiger partial charge in [-0.2, -0.15) is 5.10 Å². The van der Waals surface area contributed by atoms with Gasteiger partial charge in [0.05, 0.1) is 30.3 Å². The molecular weight excluding hydrogens is 422 g/mol. The Kier molecular flexibility index (Phi) is 5.46. The van der Waals surface area contributed by atoms with Crippen molar-refractivity contribution < 1.29 is 19.7 Å². The summed E-state index contributed by atoms with van der Waals surface area (Å²) in [7, 11) is 0. The minimum Gasteiger partial charge on any atom is -0.484 e. The first-order valence-corrected chi connectivity index (χ1v) is 11.4. The average Bonchev–Trinajstić information content (AvgIpc) is 3.39. The molecule has 3 aromatic rings. The molecule has 0 bridgehead atoms. The minimum atomic E-state index is -0.673. The number of hydrogen-bond donors (Lipinski definition) is 3. The number of hydrogen-bond acceptors (Lipinski definition) is 7. The normalized spacial score (nSPS) is 21.6. The molecule has 2 aromatic heterocycles. The lowest BCUT2D eigenvalue weighted by atomic mass is 9.91. The summed E-state index contributed by atoms with van der Waals surface area (Å²) in [6.07, 6.45) is 6.87. The number of rotatable bonds is 5. The second-order valence-corrected chi connectivity index (χ2v) is 9.33. The summed E-state index contributed by atoms with van der Waals surface area (Å²) in [5.74, 6) is 0.718. The Morgan fingerprint density at radius 3 is 2.88 bits per heavy atom. The zero-order valence-corrected chi connectivity index (χ0v) is 18.9. The van der Waals surface area contributed by atoms with Crippen LogP contribution in [0.1, 0.15) is 42.6 Å². The Bertz CT molecular complexity index is 1180. The van der Waals surface area contributed by atoms with Crippen LogP contribution < -0.4 is 15.0 Å². The molecule has 9 nitrogen and oxygen atoms in total. The highest BCUT2D eigenvalue weighted by Crippen LogP contribution is 2.42. The van der Waals surface area contributed by atoms with Crippen molar-refractivity contribution in [2.24, 2.45) is 5.92 Å². The van der Waals surface area contributed by atoms with E-state index >= 15 is 0 Å². The highest BCUT2D eigenvalue weighted by molar-refractivity contribution is 6.09. The molecule has 1 aromatic carbocycles. The summed E-state index contributed by atoms with van der Waals surface area (Å²) in [5, 5.41) is 27.1. The molecule has 3 N–H and O–H groups in total. The largest absolute Gasteiger partial charge is 0.484 e. The SMILES string of the molecule is CC(O)C1CCN(c2cc3c(cc2NC(=O)c2cnn4cccnc24)C[C@](C)(CO)O3)CC1. The van der Waals surface area contributed by atoms with Crippen molar-refractivity contribution in [3.05, 3.63) is 47.9 Å². The van der Waals surface area contributed by atoms with E-state index in [1.807, 2.05) is 26.0 Å². The second-order valence-electron chi connectivity index (χ2n) is 9.33. The molecule has 1 amide bonds. The number of nitrogens with one attached hydrogen (secondary N) is 1. The summed E-state index contributed by atoms with van der Waals surface area (Å²) < 4.78 is 7.64. The van der Waals surface area contributed by atoms with E-state index in [0.717, 1.165) is 42.9 Å². The summed E-state index contributed by atoms with van der Waals surface area (Å²) in [5.41, 5.74) is 2.72. The fourth-order valence-corrected chi connectivity index (χ4v) is 4.80. The lowest BCUT2D eigenvalue weighted by Gasteiger charge is -2.36. The molecule has 0 saturated carbocycles. The first kappa shape index (κ1) is 21.7. The number of benzene rings is 1. The van der Waals surface area contributed by atoms with Gasteiger partial charge in [-0.3, -0.25) is 4.79 Å². The van der Waals surface area contributed by atoms with E-state index in [0.29, 0.717) is 23.3 Å². The van der Waals surface area contributed by atoms with E-state index in [9.17, 15) is 15.0 Å². The average molecular weight is 452 g/mol. The number of carbonyl (C=O) groups is 1. The van der Waals surface area contributed by atoms with Crippen LogP contribution in [0, 0.1) is 5.92 Å². The standard InChI is InChI=1S/C24H29N5O4/c1-15(31)16-4-8-28(9-5-16)20-11-21-17(12-24(2,14-30)33-21)10-19(20)27-23(32)18-13-26-29-7-3-6-25-22(18)29/h3,6-7,10-11,13,15-16,30-31H,4-5,8-9,12,14H2,1-2H3,(H,27,32)/t15?,24-/m1/s1. The van der Waals surface area contributed by atoms with Crippen molar-refractivity contribution >= 4 is 22.9 Å². The quantitative estimate of drug-likeness (QED) is 0.545. The van der Waals surface area contributed by atoms with Gasteiger partial charge in [0.1, 0.15) is 16.9 Å². The van der Waals surface area contributed by atoms with Crippen molar-refractivity contribution in [2.75, 3.05) is 29.9 Å². The third-order valence-electron chi connectivity index (χ3n) is 6.77. The minimum absolute atomic E-state index is 0.0907. The molecule has 2 aliphatic rings. The number of aromatic nitrogens is 3. The Morgan fingerprint density at radius 1 is 1.36 bits per heavy atom. The van der Waals surface area contributed by atoms with Gasteiger partial charge >= 0.3 is 0 Å². The summed E-state index contributed by atoms with van der Waals surface area (Å²) >= 11 is 0. The number of anilines is 2. The second kappa shape index (κ2) is 8.31. The van der Waals surface area contributed by atoms with E-state index in [2.05, 4.69) is 20.3 Å². The molecule has 2 atom stereocenters. The maximum Gasteiger partial charge on any atom is 0.261 e. The molecule has 0 radical (unpaired) electrons. The summed E-state index contributed by atoms with van der Waals surface area (Å²) in [6, 6.07) is 5.67. The molecule has 0 aliphatic carbocycles. The Morgan fingerprint density at radius 2 is 2.15 bits per heavy atom. The van der Waals surface area contributed by atoms with Gasteiger partial charge in [-0.05, 0) is 44.7 Å². The third kappa shape index (κ3) is 4.02. The van der Waals surface area contributed by atoms with Crippen LogP contribution in [0.2, 0.25) is 0 Å². The zero-order chi connectivity index (χ0) is 23.2. The predicted octanol–water partition coefficient (Wildman–Crippen LogP) is 2.26. The van der Waals surface area contributed by atoms with Gasteiger partial charge in [0, 0.05) is 43.5 Å². The predicted molar refractivity (Wildman–Crippen MR) is 124 cm³/mol. The van der Waals surface area contributed by atoms with E-state index < -0.39 is 5.60 Å². The number of carbonyl (C=O) groups excluding carboxylic acids is 1. The number of fused-ring (bicyclic) bond motifs is 2. The van der Waals surface area contributed by atoms with Crippen LogP contribution in [0.4, 0.5) is 11.4 Å². The van der Waals surface area contributed by atoms with Crippen molar-refractivity contribution in [3.8, 4) is 5.75 Å². The Balaban J connectivity index is 1.48. The smallest absolute Gasteiger partial charge is 0.261 e. The summed E-state index contributed by atoms with van der Waals surface area (Å²) in [6.45, 7) is 5.17. The van der Waals surface area contributed by atoms with Crippen LogP contribution in [0.5, 0.6) is 5.75 Å². The summed E-state index contributed by atoms with van der Waals surface area (Å²) in [4.78, 5) is 19.7. The molecule has 1 fully saturated rings. The number of piperidine rings is 1. The molecule has 174 valence electrons. The van der Waals surface area contributed by atoms with Crippen molar-refractivity contribution in [3.63, 3.8) is 0 Å². The topological polar surface area (TPSA) is 112 Å². The molecule has 1 saturated heterocycles. The van der Waals surface area contributed by atoms with Crippen molar-refractivity contribution in [2.45, 2.75) is 44.8 Å². The fourth-order valence-electron chi connectivity index (χ4n) is 4.80. The van der Waals surface area contributed by atoms with Gasteiger partial charge in [0.2, 0.25) is 0 Å². The van der Waals surface area contributed by atoms with Crippen LogP contribution in [-0.4, -0.2) is 62.1 Å². The number of aliphatic hydroxyl groups is 2. The third-order valence-corrected chi connectivity index (χ3v) is 6.77. The number of ether oxygens (including phenoxy) is 1. The van der Waals surface area contributed by atoms with Gasteiger partial charge in [0.15, 0.2) is 5.65 Å². The Labute approximate surface area is 192 Å². The van der Waals surface area contributed by atoms with Gasteiger partial charge < -0.3 is 25.2 Å². The first-order chi connectivity index (χ1) is 15.9. The van der Waals surface area contributed by atoms with Gasteiger partial charge in [-0.1, -0.05) is 0 Å². The van der Waals surface area contributed by atoms with Gasteiger partial charge in [-0.15, -0.1) is 0 Å². The van der Waals surface area contributed by atoms with Crippen LogP contribution in [-0.2, 0) is 6.42 Å². The highest BCUT2D eigenvalue weighted by atomic mass is 16.5.